The van der Waals surface area contributed by atoms with Crippen molar-refractivity contribution in [2.75, 3.05) is 39.1 Å². The fourth-order valence-electron chi connectivity index (χ4n) is 1.98. The summed E-state index contributed by atoms with van der Waals surface area (Å²) in [5, 5.41) is 20.1. The number of benzene rings is 1. The van der Waals surface area contributed by atoms with Crippen LogP contribution in [0.3, 0.4) is 0 Å². The lowest BCUT2D eigenvalue weighted by Crippen LogP contribution is -2.25. The summed E-state index contributed by atoms with van der Waals surface area (Å²) in [6, 6.07) is 2.21. The predicted molar refractivity (Wildman–Crippen MR) is 81.5 cm³/mol. The molecule has 0 aromatic heterocycles. The van der Waals surface area contributed by atoms with Crippen LogP contribution in [-0.4, -0.2) is 55.1 Å². The molecule has 0 radical (unpaired) electrons. The average Bonchev–Trinajstić information content (AvgIpc) is 2.36. The van der Waals surface area contributed by atoms with E-state index in [9.17, 15) is 20.0 Å². The summed E-state index contributed by atoms with van der Waals surface area (Å²) in [7, 11) is 5.61. The van der Waals surface area contributed by atoms with Crippen molar-refractivity contribution >= 4 is 28.9 Å². The van der Waals surface area contributed by atoms with E-state index in [-0.39, 0.29) is 16.3 Å². The van der Waals surface area contributed by atoms with Crippen LogP contribution in [0, 0.1) is 10.1 Å². The Morgan fingerprint density at radius 2 is 1.95 bits per heavy atom. The van der Waals surface area contributed by atoms with Gasteiger partial charge in [0.25, 0.3) is 5.69 Å². The zero-order valence-corrected chi connectivity index (χ0v) is 12.9. The van der Waals surface area contributed by atoms with Crippen molar-refractivity contribution in [1.29, 1.82) is 0 Å². The molecule has 1 aromatic carbocycles. The summed E-state index contributed by atoms with van der Waals surface area (Å²) >= 11 is 6.04. The molecule has 1 aromatic rings. The van der Waals surface area contributed by atoms with Crippen LogP contribution in [0.1, 0.15) is 16.8 Å². The van der Waals surface area contributed by atoms with E-state index in [0.29, 0.717) is 12.2 Å². The lowest BCUT2D eigenvalue weighted by Gasteiger charge is -2.23. The van der Waals surface area contributed by atoms with Gasteiger partial charge >= 0.3 is 5.97 Å². The van der Waals surface area contributed by atoms with E-state index < -0.39 is 10.9 Å². The summed E-state index contributed by atoms with van der Waals surface area (Å²) in [6.07, 6.45) is 0.815. The van der Waals surface area contributed by atoms with Crippen molar-refractivity contribution in [2.45, 2.75) is 6.42 Å². The molecule has 0 heterocycles. The van der Waals surface area contributed by atoms with Crippen molar-refractivity contribution in [3.8, 4) is 0 Å². The SMILES string of the molecule is CN(C)CCCN(C)c1c(Cl)cc([N+](=O)[O-])cc1C(=O)O. The standard InChI is InChI=1S/C13H18ClN3O4/c1-15(2)5-4-6-16(3)12-10(13(18)19)7-9(17(20)21)8-11(12)14/h7-8H,4-6H2,1-3H3,(H,18,19). The largest absolute Gasteiger partial charge is 0.478 e. The minimum absolute atomic E-state index is 0.0638. The normalized spacial score (nSPS) is 10.7. The van der Waals surface area contributed by atoms with Crippen LogP contribution in [0.5, 0.6) is 0 Å². The maximum atomic E-state index is 11.3. The first-order valence-electron chi connectivity index (χ1n) is 6.31. The number of nitrogens with zero attached hydrogens (tertiary/aromatic N) is 3. The zero-order valence-electron chi connectivity index (χ0n) is 12.2. The molecule has 1 rings (SSSR count). The predicted octanol–water partition coefficient (Wildman–Crippen LogP) is 2.33. The van der Waals surface area contributed by atoms with Crippen molar-refractivity contribution in [3.63, 3.8) is 0 Å². The highest BCUT2D eigenvalue weighted by Gasteiger charge is 2.22. The van der Waals surface area contributed by atoms with Crippen LogP contribution in [0.2, 0.25) is 5.02 Å². The fraction of sp³-hybridized carbons (Fsp3) is 0.462. The van der Waals surface area contributed by atoms with Gasteiger partial charge in [-0.1, -0.05) is 11.6 Å². The second-order valence-electron chi connectivity index (χ2n) is 4.96. The molecule has 0 spiro atoms. The smallest absolute Gasteiger partial charge is 0.338 e. The highest BCUT2D eigenvalue weighted by atomic mass is 35.5. The Labute approximate surface area is 127 Å². The first-order valence-corrected chi connectivity index (χ1v) is 6.69. The lowest BCUT2D eigenvalue weighted by molar-refractivity contribution is -0.384. The molecular weight excluding hydrogens is 298 g/mol. The number of aromatic carboxylic acids is 1. The number of halogens is 1. The summed E-state index contributed by atoms with van der Waals surface area (Å²) < 4.78 is 0. The van der Waals surface area contributed by atoms with Gasteiger partial charge in [0.2, 0.25) is 0 Å². The molecular formula is C13H18ClN3O4. The molecule has 0 aliphatic carbocycles. The molecule has 7 nitrogen and oxygen atoms in total. The van der Waals surface area contributed by atoms with Gasteiger partial charge in [0.05, 0.1) is 21.2 Å². The van der Waals surface area contributed by atoms with Crippen molar-refractivity contribution < 1.29 is 14.8 Å². The highest BCUT2D eigenvalue weighted by molar-refractivity contribution is 6.34. The van der Waals surface area contributed by atoms with Crippen molar-refractivity contribution in [1.82, 2.24) is 4.90 Å². The number of hydrogen-bond donors (Lipinski definition) is 1. The molecule has 0 atom stereocenters. The third-order valence-electron chi connectivity index (χ3n) is 2.97. The van der Waals surface area contributed by atoms with Gasteiger partial charge in [-0.2, -0.15) is 0 Å². The van der Waals surface area contributed by atoms with Crippen LogP contribution in [0.25, 0.3) is 0 Å². The summed E-state index contributed by atoms with van der Waals surface area (Å²) in [6.45, 7) is 1.44. The molecule has 0 aliphatic heterocycles. The van der Waals surface area contributed by atoms with E-state index in [0.717, 1.165) is 19.0 Å². The molecule has 116 valence electrons. The van der Waals surface area contributed by atoms with E-state index in [2.05, 4.69) is 0 Å². The average molecular weight is 316 g/mol. The van der Waals surface area contributed by atoms with Crippen LogP contribution in [-0.2, 0) is 0 Å². The van der Waals surface area contributed by atoms with Crippen LogP contribution >= 0.6 is 11.6 Å². The van der Waals surface area contributed by atoms with Gasteiger partial charge in [-0.05, 0) is 27.1 Å². The molecule has 0 saturated carbocycles. The first-order chi connectivity index (χ1) is 9.73. The number of carbonyl (C=O) groups is 1. The number of carboxylic acid groups (broad SMARTS) is 1. The Kier molecular flexibility index (Phi) is 5.92. The van der Waals surface area contributed by atoms with Gasteiger partial charge < -0.3 is 14.9 Å². The fourth-order valence-corrected chi connectivity index (χ4v) is 2.33. The quantitative estimate of drug-likeness (QED) is 0.614. The summed E-state index contributed by atoms with van der Waals surface area (Å²) in [5.41, 5.74) is -0.196. The molecule has 0 saturated heterocycles. The van der Waals surface area contributed by atoms with Crippen LogP contribution in [0.15, 0.2) is 12.1 Å². The molecule has 8 heteroatoms. The Hall–Kier alpha value is -1.86. The molecule has 1 N–H and O–H groups in total. The second-order valence-corrected chi connectivity index (χ2v) is 5.37. The first kappa shape index (κ1) is 17.2. The van der Waals surface area contributed by atoms with E-state index in [1.807, 2.05) is 19.0 Å². The topological polar surface area (TPSA) is 86.9 Å². The maximum absolute atomic E-state index is 11.3. The second kappa shape index (κ2) is 7.24. The molecule has 0 amide bonds. The lowest BCUT2D eigenvalue weighted by atomic mass is 10.1. The van der Waals surface area contributed by atoms with Crippen molar-refractivity contribution in [3.05, 3.63) is 32.8 Å². The van der Waals surface area contributed by atoms with E-state index in [1.54, 1.807) is 11.9 Å². The van der Waals surface area contributed by atoms with Crippen LogP contribution < -0.4 is 4.90 Å². The van der Waals surface area contributed by atoms with Gasteiger partial charge in [0, 0.05) is 25.7 Å². The third-order valence-corrected chi connectivity index (χ3v) is 3.26. The third kappa shape index (κ3) is 4.57. The number of carboxylic acids is 1. The van der Waals surface area contributed by atoms with Gasteiger partial charge in [0.15, 0.2) is 0 Å². The number of nitro groups is 1. The Morgan fingerprint density at radius 1 is 1.33 bits per heavy atom. The number of nitro benzene ring substituents is 1. The van der Waals surface area contributed by atoms with E-state index in [4.69, 9.17) is 11.6 Å². The molecule has 0 unspecified atom stereocenters. The van der Waals surface area contributed by atoms with Crippen LogP contribution in [0.4, 0.5) is 11.4 Å². The highest BCUT2D eigenvalue weighted by Crippen LogP contribution is 2.33. The minimum Gasteiger partial charge on any atom is -0.478 e. The molecule has 0 fully saturated rings. The molecule has 0 aliphatic rings. The van der Waals surface area contributed by atoms with Gasteiger partial charge in [-0.15, -0.1) is 0 Å². The number of rotatable bonds is 7. The Balaban J connectivity index is 3.10. The van der Waals surface area contributed by atoms with Gasteiger partial charge in [-0.25, -0.2) is 4.79 Å². The Bertz CT molecular complexity index is 548. The Morgan fingerprint density at radius 3 is 2.43 bits per heavy atom. The molecule has 0 bridgehead atoms. The summed E-state index contributed by atoms with van der Waals surface area (Å²) in [5.74, 6) is -1.24. The number of anilines is 1. The zero-order chi connectivity index (χ0) is 16.2. The van der Waals surface area contributed by atoms with Gasteiger partial charge in [0.1, 0.15) is 0 Å². The molecule has 21 heavy (non-hydrogen) atoms. The van der Waals surface area contributed by atoms with Crippen molar-refractivity contribution in [2.24, 2.45) is 0 Å². The van der Waals surface area contributed by atoms with Gasteiger partial charge in [-0.3, -0.25) is 10.1 Å². The van der Waals surface area contributed by atoms with E-state index in [1.165, 1.54) is 6.07 Å². The number of hydrogen-bond acceptors (Lipinski definition) is 5. The monoisotopic (exact) mass is 315 g/mol. The number of non-ortho nitro benzene ring substituents is 1. The van der Waals surface area contributed by atoms with E-state index >= 15 is 0 Å². The summed E-state index contributed by atoms with van der Waals surface area (Å²) in [4.78, 5) is 25.2. The maximum Gasteiger partial charge on any atom is 0.338 e. The minimum atomic E-state index is -1.24.